The highest BCUT2D eigenvalue weighted by atomic mass is 35.5. The predicted octanol–water partition coefficient (Wildman–Crippen LogP) is 10.4. The van der Waals surface area contributed by atoms with E-state index in [4.69, 9.17) is 44.0 Å². The van der Waals surface area contributed by atoms with Gasteiger partial charge in [0.1, 0.15) is 0 Å². The van der Waals surface area contributed by atoms with Crippen LogP contribution in [-0.4, -0.2) is 158 Å². The van der Waals surface area contributed by atoms with E-state index in [2.05, 4.69) is 48.0 Å². The highest BCUT2D eigenvalue weighted by molar-refractivity contribution is 6.34. The molecule has 83 heavy (non-hydrogen) atoms. The van der Waals surface area contributed by atoms with E-state index in [1.807, 2.05) is 98.0 Å². The molecule has 8 N–H and O–H groups in total. The molecule has 8 aromatic rings. The number of carboxylic acids is 1. The number of carbonyl (C=O) groups excluding carboxylic acids is 3. The van der Waals surface area contributed by atoms with Crippen LogP contribution in [0.2, 0.25) is 10.0 Å². The maximum absolute atomic E-state index is 13.1. The number of halogens is 2. The molecule has 6 heterocycles. The zero-order valence-corrected chi connectivity index (χ0v) is 48.9. The Morgan fingerprint density at radius 1 is 0.627 bits per heavy atom. The number of H-pyrrole nitrogens is 2. The predicted molar refractivity (Wildman–Crippen MR) is 332 cm³/mol. The summed E-state index contributed by atoms with van der Waals surface area (Å²) in [6.45, 7) is 7.97. The van der Waals surface area contributed by atoms with E-state index in [0.29, 0.717) is 95.1 Å². The van der Waals surface area contributed by atoms with Gasteiger partial charge < -0.3 is 56.4 Å². The summed E-state index contributed by atoms with van der Waals surface area (Å²) >= 11 is 13.0. The first-order valence-electron chi connectivity index (χ1n) is 27.3. The molecule has 10 rings (SSSR count). The number of para-hydroxylation sites is 2. The van der Waals surface area contributed by atoms with E-state index in [9.17, 15) is 19.2 Å². The van der Waals surface area contributed by atoms with Crippen molar-refractivity contribution < 1.29 is 24.3 Å². The lowest BCUT2D eigenvalue weighted by Crippen LogP contribution is -2.42. The highest BCUT2D eigenvalue weighted by Gasteiger charge is 2.27. The third-order valence-electron chi connectivity index (χ3n) is 14.0. The zero-order chi connectivity index (χ0) is 59.2. The van der Waals surface area contributed by atoms with E-state index in [-0.39, 0.29) is 29.8 Å². The Morgan fingerprint density at radius 2 is 1.04 bits per heavy atom. The van der Waals surface area contributed by atoms with Crippen LogP contribution in [0.4, 0.5) is 23.3 Å². The fourth-order valence-electron chi connectivity index (χ4n) is 9.81. The van der Waals surface area contributed by atoms with Crippen molar-refractivity contribution in [1.29, 1.82) is 0 Å². The van der Waals surface area contributed by atoms with Crippen molar-refractivity contribution in [3.63, 3.8) is 0 Å². The molecule has 3 amide bonds. The molecular formula is C62H70Cl2N14O5. The number of fused-ring (bicyclic) bond motifs is 2. The van der Waals surface area contributed by atoms with Crippen molar-refractivity contribution in [3.8, 4) is 22.5 Å². The van der Waals surface area contributed by atoms with Gasteiger partial charge in [-0.3, -0.25) is 14.4 Å². The Kier molecular flexibility index (Phi) is 20.7. The zero-order valence-electron chi connectivity index (χ0n) is 47.4. The maximum Gasteiger partial charge on any atom is 0.328 e. The maximum atomic E-state index is 13.1. The van der Waals surface area contributed by atoms with Gasteiger partial charge in [-0.15, -0.1) is 0 Å². The number of piperidine rings is 2. The minimum absolute atomic E-state index is 0.0213. The first-order valence-corrected chi connectivity index (χ1v) is 28.1. The quantitative estimate of drug-likeness (QED) is 0.0373. The molecule has 2 fully saturated rings. The summed E-state index contributed by atoms with van der Waals surface area (Å²) in [5.41, 5.74) is 15.7. The largest absolute Gasteiger partial charge is 0.478 e. The van der Waals surface area contributed by atoms with Crippen molar-refractivity contribution in [2.24, 2.45) is 0 Å². The Hall–Kier alpha value is -8.62. The van der Waals surface area contributed by atoms with Crippen LogP contribution in [0.25, 0.3) is 44.3 Å². The fraction of sp³-hybridized carbons (Fsp3) is 0.290. The minimum Gasteiger partial charge on any atom is -0.478 e. The SMILES string of the molecule is CN(C)C/C=C/C(=O)O.Cc1[nH]c2ccccc2c1-c1nc(NC2CCN(C(=O)c3ccc(N)cc3)CC2)ncc1Cl.Cc1[nH]c2ccccc2c1-c1nc(NC2CCN(C(=O)c3ccc(NC(=O)/C=C/CN(C)C)cc3)CC2)ncc1Cl. The van der Waals surface area contributed by atoms with Crippen molar-refractivity contribution in [2.75, 3.05) is 89.1 Å². The van der Waals surface area contributed by atoms with Crippen LogP contribution in [0.5, 0.6) is 0 Å². The van der Waals surface area contributed by atoms with Gasteiger partial charge in [0.15, 0.2) is 0 Å². The van der Waals surface area contributed by atoms with E-state index in [0.717, 1.165) is 76.1 Å². The monoisotopic (exact) mass is 1160 g/mol. The van der Waals surface area contributed by atoms with Crippen molar-refractivity contribution in [1.82, 2.24) is 49.5 Å². The molecule has 0 radical (unpaired) electrons. The summed E-state index contributed by atoms with van der Waals surface area (Å²) in [7, 11) is 7.64. The summed E-state index contributed by atoms with van der Waals surface area (Å²) in [5, 5.41) is 21.0. The van der Waals surface area contributed by atoms with Crippen LogP contribution in [0.3, 0.4) is 0 Å². The number of anilines is 4. The molecule has 19 nitrogen and oxygen atoms in total. The van der Waals surface area contributed by atoms with E-state index in [1.54, 1.807) is 73.1 Å². The van der Waals surface area contributed by atoms with Gasteiger partial charge >= 0.3 is 5.97 Å². The number of hydrogen-bond donors (Lipinski definition) is 7. The van der Waals surface area contributed by atoms with Gasteiger partial charge in [-0.2, -0.15) is 0 Å². The molecule has 4 aromatic carbocycles. The van der Waals surface area contributed by atoms with Gasteiger partial charge in [0, 0.05) is 130 Å². The molecule has 0 aliphatic carbocycles. The third-order valence-corrected chi connectivity index (χ3v) is 14.6. The second-order valence-electron chi connectivity index (χ2n) is 20.9. The molecule has 4 aromatic heterocycles. The molecular weight excluding hydrogens is 1090 g/mol. The normalized spacial score (nSPS) is 14.0. The minimum atomic E-state index is -0.892. The average molecular weight is 1160 g/mol. The van der Waals surface area contributed by atoms with Crippen LogP contribution in [0.15, 0.2) is 134 Å². The van der Waals surface area contributed by atoms with Gasteiger partial charge in [0.25, 0.3) is 11.8 Å². The number of aryl methyl sites for hydroxylation is 2. The number of nitrogen functional groups attached to an aromatic ring is 1. The van der Waals surface area contributed by atoms with Crippen molar-refractivity contribution in [2.45, 2.75) is 51.6 Å². The number of carbonyl (C=O) groups is 4. The molecule has 0 saturated carbocycles. The molecule has 0 atom stereocenters. The first-order chi connectivity index (χ1) is 39.9. The Balaban J connectivity index is 0.000000192. The molecule has 0 unspecified atom stereocenters. The van der Waals surface area contributed by atoms with Crippen molar-refractivity contribution >= 4 is 92.0 Å². The van der Waals surface area contributed by atoms with Crippen LogP contribution >= 0.6 is 23.2 Å². The van der Waals surface area contributed by atoms with Crippen LogP contribution < -0.4 is 21.7 Å². The number of aromatic nitrogens is 6. The summed E-state index contributed by atoms with van der Waals surface area (Å²) in [4.78, 5) is 80.6. The van der Waals surface area contributed by atoms with Gasteiger partial charge in [-0.1, -0.05) is 71.8 Å². The average Bonchev–Trinajstić information content (AvgIpc) is 3.98. The molecule has 432 valence electrons. The lowest BCUT2D eigenvalue weighted by atomic mass is 10.0. The second-order valence-corrected chi connectivity index (χ2v) is 21.7. The van der Waals surface area contributed by atoms with Crippen LogP contribution in [0, 0.1) is 13.8 Å². The van der Waals surface area contributed by atoms with Gasteiger partial charge in [0.2, 0.25) is 17.8 Å². The molecule has 21 heteroatoms. The number of nitrogens with one attached hydrogen (secondary N) is 5. The second kappa shape index (κ2) is 28.4. The van der Waals surface area contributed by atoms with Gasteiger partial charge in [0.05, 0.1) is 33.8 Å². The molecule has 2 saturated heterocycles. The van der Waals surface area contributed by atoms with Crippen LogP contribution in [-0.2, 0) is 9.59 Å². The number of aromatic amines is 2. The van der Waals surface area contributed by atoms with E-state index < -0.39 is 5.97 Å². The Morgan fingerprint density at radius 3 is 1.46 bits per heavy atom. The number of benzene rings is 4. The third kappa shape index (κ3) is 16.3. The number of hydrogen-bond acceptors (Lipinski definition) is 13. The summed E-state index contributed by atoms with van der Waals surface area (Å²) in [6.07, 6.45) is 12.5. The number of likely N-dealkylation sites (tertiary alicyclic amines) is 2. The summed E-state index contributed by atoms with van der Waals surface area (Å²) < 4.78 is 0. The molecule has 2 aliphatic rings. The smallest absolute Gasteiger partial charge is 0.328 e. The number of nitrogens with two attached hydrogens (primary N) is 1. The number of likely N-dealkylation sites (N-methyl/N-ethyl adjacent to an activating group) is 2. The van der Waals surface area contributed by atoms with Gasteiger partial charge in [-0.05, 0) is 128 Å². The number of aliphatic carboxylic acids is 1. The molecule has 0 spiro atoms. The molecule has 2 aliphatic heterocycles. The summed E-state index contributed by atoms with van der Waals surface area (Å²) in [6, 6.07) is 30.6. The lowest BCUT2D eigenvalue weighted by molar-refractivity contribution is -0.131. The van der Waals surface area contributed by atoms with Gasteiger partial charge in [-0.25, -0.2) is 24.7 Å². The highest BCUT2D eigenvalue weighted by Crippen LogP contribution is 2.37. The Labute approximate surface area is 493 Å². The number of nitrogens with zero attached hydrogens (tertiary/aromatic N) is 8. The van der Waals surface area contributed by atoms with Crippen molar-refractivity contribution in [3.05, 3.63) is 166 Å². The summed E-state index contributed by atoms with van der Waals surface area (Å²) in [5.74, 6) is -0.0125. The van der Waals surface area contributed by atoms with E-state index >= 15 is 0 Å². The Bertz CT molecular complexity index is 3600. The first kappa shape index (κ1) is 60.5. The fourth-order valence-corrected chi connectivity index (χ4v) is 10.2. The number of rotatable bonds is 15. The standard InChI is InChI=1S/C31H34ClN7O2.C25H25ClN6O.C6H11NO2/c1-20-28(24-7-4-5-8-26(24)34-20)29-25(32)19-33-31(37-29)36-23-14-17-39(18-15-23)30(41)21-10-12-22(13-11-21)35-27(40)9-6-16-38(2)3;1-15-22(19-4-2-3-5-21(19)29-15)23-20(26)14-28-25(31-23)30-18-10-12-32(13-11-18)24(33)16-6-8-17(27)9-7-16;1-7(2)5-3-4-6(8)9/h4-13,19,23,34H,14-18H2,1-3H3,(H,35,40)(H,33,36,37);2-9,14,18,29H,10-13,27H2,1H3,(H,28,30,31);3-4H,5H2,1-2H3,(H,8,9)/b9-6+;;4-3+. The topological polar surface area (TPSA) is 247 Å². The van der Waals surface area contributed by atoms with Crippen LogP contribution in [0.1, 0.15) is 57.8 Å². The lowest BCUT2D eigenvalue weighted by Gasteiger charge is -2.32. The molecule has 0 bridgehead atoms. The number of carboxylic acid groups (broad SMARTS) is 1. The van der Waals surface area contributed by atoms with E-state index in [1.165, 1.54) is 6.08 Å². The number of amides is 3.